The van der Waals surface area contributed by atoms with Crippen LogP contribution in [0.15, 0.2) is 66.9 Å². The first-order chi connectivity index (χ1) is 15.2. The molecule has 2 aromatic carbocycles. The second-order valence-corrected chi connectivity index (χ2v) is 7.76. The van der Waals surface area contributed by atoms with Crippen LogP contribution in [0.4, 0.5) is 5.69 Å². The lowest BCUT2D eigenvalue weighted by Crippen LogP contribution is -2.43. The number of aromatic nitrogens is 1. The molecule has 4 rings (SSSR count). The van der Waals surface area contributed by atoms with Gasteiger partial charge in [0.25, 0.3) is 0 Å². The first-order valence-electron chi connectivity index (χ1n) is 10.9. The molecule has 0 spiro atoms. The van der Waals surface area contributed by atoms with E-state index in [4.69, 9.17) is 4.74 Å². The summed E-state index contributed by atoms with van der Waals surface area (Å²) in [6.07, 6.45) is 2.43. The molecule has 1 aromatic heterocycles. The zero-order valence-electron chi connectivity index (χ0n) is 18.2. The van der Waals surface area contributed by atoms with E-state index in [1.54, 1.807) is 13.3 Å². The average molecular weight is 416 g/mol. The molecule has 1 aliphatic rings. The summed E-state index contributed by atoms with van der Waals surface area (Å²) in [5.74, 6) is 0.404. The highest BCUT2D eigenvalue weighted by Crippen LogP contribution is 2.38. The van der Waals surface area contributed by atoms with Crippen LogP contribution in [0.25, 0.3) is 11.1 Å². The second kappa shape index (κ2) is 9.75. The maximum atomic E-state index is 13.6. The summed E-state index contributed by atoms with van der Waals surface area (Å²) in [7, 11) is 1.62. The summed E-state index contributed by atoms with van der Waals surface area (Å²) in [4.78, 5) is 20.3. The molecule has 0 amide bonds. The van der Waals surface area contributed by atoms with Crippen molar-refractivity contribution in [3.8, 4) is 17.0 Å². The molecule has 31 heavy (non-hydrogen) atoms. The predicted octanol–water partition coefficient (Wildman–Crippen LogP) is 4.54. The monoisotopic (exact) mass is 415 g/mol. The van der Waals surface area contributed by atoms with Crippen LogP contribution in [0.3, 0.4) is 0 Å². The van der Waals surface area contributed by atoms with Crippen molar-refractivity contribution in [2.45, 2.75) is 19.3 Å². The Balaban J connectivity index is 1.67. The Labute approximate surface area is 184 Å². The van der Waals surface area contributed by atoms with Gasteiger partial charge in [0, 0.05) is 55.1 Å². The third kappa shape index (κ3) is 4.47. The quantitative estimate of drug-likeness (QED) is 0.574. The van der Waals surface area contributed by atoms with E-state index in [1.165, 1.54) is 5.69 Å². The van der Waals surface area contributed by atoms with Crippen LogP contribution in [0, 0.1) is 0 Å². The Bertz CT molecular complexity index is 1010. The number of carbonyl (C=O) groups is 1. The Morgan fingerprint density at radius 1 is 1.06 bits per heavy atom. The van der Waals surface area contributed by atoms with E-state index in [-0.39, 0.29) is 11.7 Å². The molecule has 1 atom stereocenters. The third-order valence-corrected chi connectivity index (χ3v) is 5.94. The molecule has 1 saturated heterocycles. The molecule has 0 radical (unpaired) electrons. The summed E-state index contributed by atoms with van der Waals surface area (Å²) in [6.45, 7) is 6.01. The van der Waals surface area contributed by atoms with Crippen molar-refractivity contribution in [3.05, 3.63) is 78.0 Å². The number of anilines is 1. The Morgan fingerprint density at radius 3 is 2.42 bits per heavy atom. The number of benzene rings is 2. The van der Waals surface area contributed by atoms with Gasteiger partial charge in [-0.25, -0.2) is 4.98 Å². The van der Waals surface area contributed by atoms with Crippen molar-refractivity contribution >= 4 is 11.5 Å². The van der Waals surface area contributed by atoms with Gasteiger partial charge < -0.3 is 15.0 Å². The third-order valence-electron chi connectivity index (χ3n) is 5.94. The number of nitrogens with one attached hydrogen (secondary N) is 1. The van der Waals surface area contributed by atoms with Crippen molar-refractivity contribution in [3.63, 3.8) is 0 Å². The number of nitrogens with zero attached hydrogens (tertiary/aromatic N) is 2. The van der Waals surface area contributed by atoms with Crippen LogP contribution in [0.1, 0.15) is 35.2 Å². The molecule has 5 nitrogen and oxygen atoms in total. The minimum atomic E-state index is -0.267. The molecule has 1 N–H and O–H groups in total. The molecule has 1 fully saturated rings. The zero-order valence-corrected chi connectivity index (χ0v) is 18.2. The smallest absolute Gasteiger partial charge is 0.221 e. The van der Waals surface area contributed by atoms with Crippen molar-refractivity contribution in [1.29, 1.82) is 0 Å². The van der Waals surface area contributed by atoms with Gasteiger partial charge in [-0.05, 0) is 47.9 Å². The number of carbonyl (C=O) groups excluding carboxylic acids is 1. The first kappa shape index (κ1) is 21.1. The lowest BCUT2D eigenvalue weighted by molar-refractivity contribution is 0.0957. The van der Waals surface area contributed by atoms with Gasteiger partial charge in [-0.3, -0.25) is 4.79 Å². The summed E-state index contributed by atoms with van der Waals surface area (Å²) < 4.78 is 5.57. The Kier molecular flexibility index (Phi) is 6.63. The Morgan fingerprint density at radius 2 is 1.77 bits per heavy atom. The molecule has 1 unspecified atom stereocenters. The molecular weight excluding hydrogens is 386 g/mol. The van der Waals surface area contributed by atoms with Gasteiger partial charge in [0.15, 0.2) is 5.78 Å². The summed E-state index contributed by atoms with van der Waals surface area (Å²) in [6, 6.07) is 20.0. The van der Waals surface area contributed by atoms with E-state index in [0.29, 0.717) is 12.3 Å². The summed E-state index contributed by atoms with van der Waals surface area (Å²) in [5.41, 5.74) is 4.75. The first-order valence-corrected chi connectivity index (χ1v) is 10.9. The lowest BCUT2D eigenvalue weighted by Gasteiger charge is -2.29. The zero-order chi connectivity index (χ0) is 21.6. The highest BCUT2D eigenvalue weighted by molar-refractivity contribution is 6.02. The second-order valence-electron chi connectivity index (χ2n) is 7.76. The van der Waals surface area contributed by atoms with Crippen LogP contribution >= 0.6 is 0 Å². The maximum absolute atomic E-state index is 13.6. The minimum absolute atomic E-state index is 0.125. The van der Waals surface area contributed by atoms with Crippen LogP contribution in [0.5, 0.6) is 5.88 Å². The van der Waals surface area contributed by atoms with Gasteiger partial charge in [-0.15, -0.1) is 0 Å². The number of methoxy groups -OCH3 is 1. The highest BCUT2D eigenvalue weighted by atomic mass is 16.5. The number of ether oxygens (including phenoxy) is 1. The van der Waals surface area contributed by atoms with E-state index in [0.717, 1.165) is 48.4 Å². The van der Waals surface area contributed by atoms with Crippen LogP contribution in [0.2, 0.25) is 0 Å². The van der Waals surface area contributed by atoms with Gasteiger partial charge in [0.05, 0.1) is 7.11 Å². The number of rotatable bonds is 7. The van der Waals surface area contributed by atoms with Gasteiger partial charge in [0.2, 0.25) is 5.88 Å². The van der Waals surface area contributed by atoms with Crippen molar-refractivity contribution in [2.24, 2.45) is 0 Å². The number of hydrogen-bond donors (Lipinski definition) is 1. The van der Waals surface area contributed by atoms with Gasteiger partial charge >= 0.3 is 0 Å². The van der Waals surface area contributed by atoms with Gasteiger partial charge in [-0.2, -0.15) is 0 Å². The molecular formula is C26H29N3O2. The van der Waals surface area contributed by atoms with E-state index in [9.17, 15) is 4.79 Å². The molecule has 0 aliphatic carbocycles. The molecule has 5 heteroatoms. The van der Waals surface area contributed by atoms with Crippen molar-refractivity contribution in [1.82, 2.24) is 10.3 Å². The maximum Gasteiger partial charge on any atom is 0.221 e. The van der Waals surface area contributed by atoms with Gasteiger partial charge in [0.1, 0.15) is 0 Å². The van der Waals surface area contributed by atoms with Crippen molar-refractivity contribution in [2.75, 3.05) is 38.2 Å². The fourth-order valence-corrected chi connectivity index (χ4v) is 4.30. The minimum Gasteiger partial charge on any atom is -0.481 e. The van der Waals surface area contributed by atoms with E-state index < -0.39 is 0 Å². The lowest BCUT2D eigenvalue weighted by atomic mass is 9.84. The fraction of sp³-hybridized carbons (Fsp3) is 0.308. The van der Waals surface area contributed by atoms with Crippen LogP contribution < -0.4 is 15.0 Å². The molecule has 160 valence electrons. The van der Waals surface area contributed by atoms with E-state index >= 15 is 0 Å². The molecule has 0 saturated carbocycles. The van der Waals surface area contributed by atoms with Crippen LogP contribution in [-0.4, -0.2) is 44.1 Å². The van der Waals surface area contributed by atoms with E-state index in [2.05, 4.69) is 34.3 Å². The van der Waals surface area contributed by atoms with Crippen LogP contribution in [-0.2, 0) is 0 Å². The topological polar surface area (TPSA) is 54.5 Å². The van der Waals surface area contributed by atoms with E-state index in [1.807, 2.05) is 48.5 Å². The Hall–Kier alpha value is -3.18. The number of piperazine rings is 1. The largest absolute Gasteiger partial charge is 0.481 e. The standard InChI is InChI=1S/C26H29N3O2/c1-3-22(23-13-14-28-26(31-2)24(23)19-7-5-4-6-8-19)25(30)20-9-11-21(12-10-20)29-17-15-27-16-18-29/h4-14,22,27H,3,15-18H2,1-2H3. The molecule has 0 bridgehead atoms. The molecule has 2 heterocycles. The summed E-state index contributed by atoms with van der Waals surface area (Å²) in [5, 5.41) is 3.37. The van der Waals surface area contributed by atoms with Gasteiger partial charge in [-0.1, -0.05) is 37.3 Å². The fourth-order valence-electron chi connectivity index (χ4n) is 4.30. The predicted molar refractivity (Wildman–Crippen MR) is 125 cm³/mol. The SMILES string of the molecule is CCC(C(=O)c1ccc(N2CCNCC2)cc1)c1ccnc(OC)c1-c1ccccc1. The molecule has 3 aromatic rings. The number of pyridine rings is 1. The summed E-state index contributed by atoms with van der Waals surface area (Å²) >= 11 is 0. The number of Topliss-reactive ketones (excluding diaryl/α,β-unsaturated/α-hetero) is 1. The average Bonchev–Trinajstić information content (AvgIpc) is 2.85. The highest BCUT2D eigenvalue weighted by Gasteiger charge is 2.26. The number of ketones is 1. The van der Waals surface area contributed by atoms with Crippen molar-refractivity contribution < 1.29 is 9.53 Å². The molecule has 1 aliphatic heterocycles. The number of hydrogen-bond acceptors (Lipinski definition) is 5. The normalized spacial score (nSPS) is 14.8.